The highest BCUT2D eigenvalue weighted by Gasteiger charge is 2.23. The number of rotatable bonds is 3. The lowest BCUT2D eigenvalue weighted by Crippen LogP contribution is -2.31. The lowest BCUT2D eigenvalue weighted by atomic mass is 10.1. The zero-order valence-corrected chi connectivity index (χ0v) is 10.5. The van der Waals surface area contributed by atoms with Crippen LogP contribution >= 0.6 is 0 Å². The van der Waals surface area contributed by atoms with Crippen LogP contribution in [0.4, 0.5) is 4.39 Å². The Labute approximate surface area is 106 Å². The minimum Gasteiger partial charge on any atom is -0.507 e. The fraction of sp³-hybridized carbons (Fsp3) is 0.500. The molecule has 1 aliphatic rings. The van der Waals surface area contributed by atoms with Crippen molar-refractivity contribution in [3.05, 3.63) is 29.6 Å². The minimum atomic E-state index is -0.668. The van der Waals surface area contributed by atoms with Crippen LogP contribution in [0.25, 0.3) is 0 Å². The molecule has 98 valence electrons. The van der Waals surface area contributed by atoms with E-state index in [1.807, 2.05) is 0 Å². The number of aromatic hydroxyl groups is 1. The van der Waals surface area contributed by atoms with Gasteiger partial charge < -0.3 is 10.0 Å². The molecule has 1 saturated carbocycles. The van der Waals surface area contributed by atoms with E-state index in [1.54, 1.807) is 7.05 Å². The molecule has 0 heterocycles. The fourth-order valence-corrected chi connectivity index (χ4v) is 2.58. The topological polar surface area (TPSA) is 40.5 Å². The van der Waals surface area contributed by atoms with E-state index in [0.717, 1.165) is 12.8 Å². The number of benzene rings is 1. The first-order chi connectivity index (χ1) is 8.59. The maximum atomic E-state index is 13.6. The summed E-state index contributed by atoms with van der Waals surface area (Å²) in [5.41, 5.74) is -0.224. The number of carbonyl (C=O) groups excluding carboxylic acids is 1. The van der Waals surface area contributed by atoms with Gasteiger partial charge >= 0.3 is 0 Å². The Morgan fingerprint density at radius 2 is 2.11 bits per heavy atom. The average molecular weight is 251 g/mol. The van der Waals surface area contributed by atoms with Crippen molar-refractivity contribution in [2.75, 3.05) is 13.6 Å². The number of amides is 1. The average Bonchev–Trinajstić information content (AvgIpc) is 2.81. The highest BCUT2D eigenvalue weighted by Crippen LogP contribution is 2.27. The van der Waals surface area contributed by atoms with Crippen molar-refractivity contribution in [3.8, 4) is 5.75 Å². The summed E-state index contributed by atoms with van der Waals surface area (Å²) in [5, 5.41) is 9.58. The first kappa shape index (κ1) is 12.9. The van der Waals surface area contributed by atoms with E-state index >= 15 is 0 Å². The van der Waals surface area contributed by atoms with E-state index in [2.05, 4.69) is 0 Å². The molecule has 1 aliphatic carbocycles. The van der Waals surface area contributed by atoms with Crippen LogP contribution in [0.1, 0.15) is 36.0 Å². The first-order valence-corrected chi connectivity index (χ1v) is 6.32. The molecule has 0 saturated heterocycles. The Hall–Kier alpha value is -1.58. The molecule has 0 aromatic heterocycles. The Kier molecular flexibility index (Phi) is 3.84. The van der Waals surface area contributed by atoms with Crippen LogP contribution < -0.4 is 0 Å². The summed E-state index contributed by atoms with van der Waals surface area (Å²) in [4.78, 5) is 13.6. The number of hydrogen-bond acceptors (Lipinski definition) is 2. The van der Waals surface area contributed by atoms with Crippen molar-refractivity contribution < 1.29 is 14.3 Å². The molecule has 1 amide bonds. The maximum absolute atomic E-state index is 13.6. The molecule has 0 spiro atoms. The molecular formula is C14H18FNO2. The number of phenolic OH excluding ortho intramolecular Hbond substituents is 1. The second-order valence-electron chi connectivity index (χ2n) is 4.97. The highest BCUT2D eigenvalue weighted by atomic mass is 19.1. The SMILES string of the molecule is CN(CC1CCCC1)C(=O)c1c(O)cccc1F. The molecule has 1 fully saturated rings. The van der Waals surface area contributed by atoms with Gasteiger partial charge in [-0.15, -0.1) is 0 Å². The van der Waals surface area contributed by atoms with Gasteiger partial charge in [-0.2, -0.15) is 0 Å². The van der Waals surface area contributed by atoms with Gasteiger partial charge in [-0.05, 0) is 30.9 Å². The van der Waals surface area contributed by atoms with E-state index < -0.39 is 11.7 Å². The van der Waals surface area contributed by atoms with Gasteiger partial charge in [0.25, 0.3) is 5.91 Å². The molecule has 2 rings (SSSR count). The van der Waals surface area contributed by atoms with Crippen molar-refractivity contribution in [1.82, 2.24) is 4.90 Å². The smallest absolute Gasteiger partial charge is 0.260 e. The van der Waals surface area contributed by atoms with E-state index in [0.29, 0.717) is 12.5 Å². The van der Waals surface area contributed by atoms with E-state index in [1.165, 1.54) is 35.9 Å². The third kappa shape index (κ3) is 2.63. The summed E-state index contributed by atoms with van der Waals surface area (Å²) in [6.07, 6.45) is 4.66. The van der Waals surface area contributed by atoms with Crippen molar-refractivity contribution in [2.24, 2.45) is 5.92 Å². The molecule has 0 bridgehead atoms. The van der Waals surface area contributed by atoms with Crippen molar-refractivity contribution in [3.63, 3.8) is 0 Å². The molecule has 0 radical (unpaired) electrons. The Morgan fingerprint density at radius 1 is 1.44 bits per heavy atom. The predicted octanol–water partition coefficient (Wildman–Crippen LogP) is 2.79. The Balaban J connectivity index is 2.10. The zero-order valence-electron chi connectivity index (χ0n) is 10.5. The Morgan fingerprint density at radius 3 is 2.72 bits per heavy atom. The van der Waals surface area contributed by atoms with Gasteiger partial charge in [-0.25, -0.2) is 4.39 Å². The van der Waals surface area contributed by atoms with Crippen molar-refractivity contribution >= 4 is 5.91 Å². The van der Waals surface area contributed by atoms with Gasteiger partial charge in [0.05, 0.1) is 0 Å². The number of hydrogen-bond donors (Lipinski definition) is 1. The molecular weight excluding hydrogens is 233 g/mol. The highest BCUT2D eigenvalue weighted by molar-refractivity contribution is 5.96. The normalized spacial score (nSPS) is 15.9. The van der Waals surface area contributed by atoms with Crippen LogP contribution in [0, 0.1) is 11.7 Å². The number of phenols is 1. The quantitative estimate of drug-likeness (QED) is 0.897. The van der Waals surface area contributed by atoms with Crippen LogP contribution in [-0.2, 0) is 0 Å². The van der Waals surface area contributed by atoms with Crippen LogP contribution in [0.5, 0.6) is 5.75 Å². The van der Waals surface area contributed by atoms with Crippen LogP contribution in [0.3, 0.4) is 0 Å². The third-order valence-corrected chi connectivity index (χ3v) is 3.56. The first-order valence-electron chi connectivity index (χ1n) is 6.32. The molecule has 1 N–H and O–H groups in total. The van der Waals surface area contributed by atoms with Crippen LogP contribution in [0.15, 0.2) is 18.2 Å². The van der Waals surface area contributed by atoms with Gasteiger partial charge in [-0.1, -0.05) is 18.9 Å². The molecule has 1 aromatic carbocycles. The van der Waals surface area contributed by atoms with Crippen LogP contribution in [0.2, 0.25) is 0 Å². The molecule has 4 heteroatoms. The summed E-state index contributed by atoms with van der Waals surface area (Å²) >= 11 is 0. The standard InChI is InChI=1S/C14H18FNO2/c1-16(9-10-5-2-3-6-10)14(18)13-11(15)7-4-8-12(13)17/h4,7-8,10,17H,2-3,5-6,9H2,1H3. The van der Waals surface area contributed by atoms with Crippen molar-refractivity contribution in [1.29, 1.82) is 0 Å². The second-order valence-corrected chi connectivity index (χ2v) is 4.97. The van der Waals surface area contributed by atoms with Crippen LogP contribution in [-0.4, -0.2) is 29.5 Å². The molecule has 0 aliphatic heterocycles. The molecule has 0 unspecified atom stereocenters. The third-order valence-electron chi connectivity index (χ3n) is 3.56. The molecule has 0 atom stereocenters. The van der Waals surface area contributed by atoms with E-state index in [9.17, 15) is 14.3 Å². The zero-order chi connectivity index (χ0) is 13.1. The summed E-state index contributed by atoms with van der Waals surface area (Å²) < 4.78 is 13.6. The summed E-state index contributed by atoms with van der Waals surface area (Å²) in [6, 6.07) is 3.91. The van der Waals surface area contributed by atoms with E-state index in [4.69, 9.17) is 0 Å². The second kappa shape index (κ2) is 5.38. The van der Waals surface area contributed by atoms with Crippen molar-refractivity contribution in [2.45, 2.75) is 25.7 Å². The number of nitrogens with zero attached hydrogens (tertiary/aromatic N) is 1. The van der Waals surface area contributed by atoms with Gasteiger partial charge in [0, 0.05) is 13.6 Å². The largest absolute Gasteiger partial charge is 0.507 e. The van der Waals surface area contributed by atoms with E-state index in [-0.39, 0.29) is 11.3 Å². The van der Waals surface area contributed by atoms with Gasteiger partial charge in [0.2, 0.25) is 0 Å². The van der Waals surface area contributed by atoms with Gasteiger partial charge in [0.1, 0.15) is 17.1 Å². The van der Waals surface area contributed by atoms with Gasteiger partial charge in [-0.3, -0.25) is 4.79 Å². The fourth-order valence-electron chi connectivity index (χ4n) is 2.58. The summed E-state index contributed by atoms with van der Waals surface area (Å²) in [7, 11) is 1.66. The molecule has 3 nitrogen and oxygen atoms in total. The minimum absolute atomic E-state index is 0.224. The lowest BCUT2D eigenvalue weighted by Gasteiger charge is -2.21. The maximum Gasteiger partial charge on any atom is 0.260 e. The van der Waals surface area contributed by atoms with Gasteiger partial charge in [0.15, 0.2) is 0 Å². The number of halogens is 1. The summed E-state index contributed by atoms with van der Waals surface area (Å²) in [6.45, 7) is 0.632. The Bertz CT molecular complexity index is 421. The molecule has 1 aromatic rings. The molecule has 18 heavy (non-hydrogen) atoms. The lowest BCUT2D eigenvalue weighted by molar-refractivity contribution is 0.0765. The predicted molar refractivity (Wildman–Crippen MR) is 67.0 cm³/mol. The summed E-state index contributed by atoms with van der Waals surface area (Å²) in [5.74, 6) is -0.901. The number of carbonyl (C=O) groups is 1. The monoisotopic (exact) mass is 251 g/mol.